The predicted molar refractivity (Wildman–Crippen MR) is 66.6 cm³/mol. The van der Waals surface area contributed by atoms with Crippen molar-refractivity contribution in [1.82, 2.24) is 10.2 Å². The van der Waals surface area contributed by atoms with Crippen LogP contribution in [0.3, 0.4) is 0 Å². The van der Waals surface area contributed by atoms with Gasteiger partial charge in [-0.3, -0.25) is 9.69 Å². The first-order chi connectivity index (χ1) is 8.19. The van der Waals surface area contributed by atoms with Crippen molar-refractivity contribution in [1.29, 1.82) is 0 Å². The van der Waals surface area contributed by atoms with Gasteiger partial charge in [0.15, 0.2) is 5.78 Å². The molecule has 0 bridgehead atoms. The fourth-order valence-electron chi connectivity index (χ4n) is 1.91. The Morgan fingerprint density at radius 3 is 2.94 bits per heavy atom. The van der Waals surface area contributed by atoms with Crippen molar-refractivity contribution in [3.63, 3.8) is 0 Å². The van der Waals surface area contributed by atoms with E-state index in [9.17, 15) is 4.79 Å². The maximum absolute atomic E-state index is 11.7. The third-order valence-electron chi connectivity index (χ3n) is 2.83. The molecule has 1 aliphatic rings. The van der Waals surface area contributed by atoms with Gasteiger partial charge in [-0.2, -0.15) is 0 Å². The second kappa shape index (κ2) is 5.29. The molecule has 17 heavy (non-hydrogen) atoms. The van der Waals surface area contributed by atoms with Crippen LogP contribution in [0.5, 0.6) is 5.75 Å². The molecule has 0 unspecified atom stereocenters. The van der Waals surface area contributed by atoms with Crippen LogP contribution in [0.25, 0.3) is 0 Å². The maximum atomic E-state index is 11.7. The van der Waals surface area contributed by atoms with Crippen molar-refractivity contribution in [3.8, 4) is 5.75 Å². The van der Waals surface area contributed by atoms with Crippen LogP contribution in [0, 0.1) is 0 Å². The highest BCUT2D eigenvalue weighted by Crippen LogP contribution is 2.18. The van der Waals surface area contributed by atoms with Crippen molar-refractivity contribution in [2.75, 3.05) is 33.7 Å². The molecule has 92 valence electrons. The topological polar surface area (TPSA) is 41.6 Å². The Morgan fingerprint density at radius 1 is 1.53 bits per heavy atom. The quantitative estimate of drug-likeness (QED) is 0.765. The van der Waals surface area contributed by atoms with Gasteiger partial charge in [-0.15, -0.1) is 0 Å². The van der Waals surface area contributed by atoms with Crippen LogP contribution in [-0.4, -0.2) is 50.5 Å². The van der Waals surface area contributed by atoms with Crippen LogP contribution >= 0.6 is 0 Å². The fourth-order valence-corrected chi connectivity index (χ4v) is 1.91. The molecule has 4 heteroatoms. The number of carbonyl (C=O) groups is 1. The molecule has 1 N–H and O–H groups in total. The smallest absolute Gasteiger partial charge is 0.176 e. The minimum atomic E-state index is 0.0867. The second-order valence-corrected chi connectivity index (χ2v) is 4.44. The van der Waals surface area contributed by atoms with Gasteiger partial charge in [0.05, 0.1) is 6.54 Å². The van der Waals surface area contributed by atoms with E-state index in [1.807, 2.05) is 24.3 Å². The maximum Gasteiger partial charge on any atom is 0.176 e. The molecule has 1 aromatic carbocycles. The van der Waals surface area contributed by atoms with Crippen molar-refractivity contribution >= 4 is 5.78 Å². The lowest BCUT2D eigenvalue weighted by Gasteiger charge is -2.36. The van der Waals surface area contributed by atoms with Crippen LogP contribution in [-0.2, 0) is 0 Å². The largest absolute Gasteiger partial charge is 0.488 e. The Balaban J connectivity index is 1.98. The lowest BCUT2D eigenvalue weighted by atomic mass is 10.1. The van der Waals surface area contributed by atoms with Gasteiger partial charge in [0.2, 0.25) is 0 Å². The molecule has 0 aromatic heterocycles. The van der Waals surface area contributed by atoms with Crippen molar-refractivity contribution in [2.24, 2.45) is 0 Å². The van der Waals surface area contributed by atoms with Crippen molar-refractivity contribution in [2.45, 2.75) is 6.10 Å². The van der Waals surface area contributed by atoms with E-state index < -0.39 is 0 Å². The zero-order chi connectivity index (χ0) is 12.3. The van der Waals surface area contributed by atoms with Gasteiger partial charge in [0, 0.05) is 18.7 Å². The van der Waals surface area contributed by atoms with E-state index >= 15 is 0 Å². The van der Waals surface area contributed by atoms with Crippen molar-refractivity contribution in [3.05, 3.63) is 29.8 Å². The van der Waals surface area contributed by atoms with E-state index in [-0.39, 0.29) is 11.9 Å². The van der Waals surface area contributed by atoms with Crippen LogP contribution < -0.4 is 10.1 Å². The lowest BCUT2D eigenvalue weighted by Crippen LogP contribution is -2.51. The van der Waals surface area contributed by atoms with Crippen LogP contribution in [0.1, 0.15) is 10.4 Å². The first kappa shape index (κ1) is 12.1. The van der Waals surface area contributed by atoms with Gasteiger partial charge in [0.25, 0.3) is 0 Å². The molecule has 1 saturated heterocycles. The number of Topliss-reactive ketones (excluding diaryl/α,β-unsaturated/α-hetero) is 1. The molecule has 0 amide bonds. The van der Waals surface area contributed by atoms with E-state index in [2.05, 4.69) is 17.3 Å². The van der Waals surface area contributed by atoms with Crippen molar-refractivity contribution < 1.29 is 9.53 Å². The van der Waals surface area contributed by atoms with Gasteiger partial charge in [0.1, 0.15) is 11.9 Å². The van der Waals surface area contributed by atoms with Crippen LogP contribution in [0.15, 0.2) is 24.3 Å². The van der Waals surface area contributed by atoms with Gasteiger partial charge in [-0.05, 0) is 26.2 Å². The summed E-state index contributed by atoms with van der Waals surface area (Å²) in [4.78, 5) is 13.9. The summed E-state index contributed by atoms with van der Waals surface area (Å²) < 4.78 is 5.78. The number of benzene rings is 1. The molecule has 0 aliphatic carbocycles. The van der Waals surface area contributed by atoms with E-state index in [0.717, 1.165) is 18.8 Å². The standard InChI is InChI=1S/C13H18N2O2/c1-14-7-13(16)10-4-3-5-11(6-10)17-12-8-15(2)9-12/h3-6,12,14H,7-9H2,1-2H3. The summed E-state index contributed by atoms with van der Waals surface area (Å²) >= 11 is 0. The Bertz CT molecular complexity index is 400. The van der Waals surface area contributed by atoms with Crippen LogP contribution in [0.2, 0.25) is 0 Å². The predicted octanol–water partition coefficient (Wildman–Crippen LogP) is 0.781. The van der Waals surface area contributed by atoms with Crippen LogP contribution in [0.4, 0.5) is 0 Å². The number of nitrogens with one attached hydrogen (secondary N) is 1. The summed E-state index contributed by atoms with van der Waals surface area (Å²) in [5.41, 5.74) is 0.699. The summed E-state index contributed by atoms with van der Waals surface area (Å²) in [6.07, 6.45) is 0.259. The number of hydrogen-bond donors (Lipinski definition) is 1. The highest BCUT2D eigenvalue weighted by Gasteiger charge is 2.24. The fraction of sp³-hybridized carbons (Fsp3) is 0.462. The number of nitrogens with zero attached hydrogens (tertiary/aromatic N) is 1. The molecular formula is C13H18N2O2. The molecule has 1 aliphatic heterocycles. The summed E-state index contributed by atoms with van der Waals surface area (Å²) in [7, 11) is 3.83. The Morgan fingerprint density at radius 2 is 2.29 bits per heavy atom. The number of carbonyl (C=O) groups excluding carboxylic acids is 1. The Hall–Kier alpha value is -1.39. The summed E-state index contributed by atoms with van der Waals surface area (Å²) in [6, 6.07) is 7.40. The molecule has 0 spiro atoms. The first-order valence-corrected chi connectivity index (χ1v) is 5.82. The third-order valence-corrected chi connectivity index (χ3v) is 2.83. The molecule has 1 heterocycles. The number of ether oxygens (including phenoxy) is 1. The number of rotatable bonds is 5. The first-order valence-electron chi connectivity index (χ1n) is 5.82. The number of hydrogen-bond acceptors (Lipinski definition) is 4. The Labute approximate surface area is 102 Å². The normalized spacial score (nSPS) is 16.6. The number of ketones is 1. The molecule has 1 aromatic rings. The zero-order valence-corrected chi connectivity index (χ0v) is 10.3. The SMILES string of the molecule is CNCC(=O)c1cccc(OC2CN(C)C2)c1. The van der Waals surface area contributed by atoms with E-state index in [4.69, 9.17) is 4.74 Å². The molecule has 1 fully saturated rings. The van der Waals surface area contributed by atoms with Gasteiger partial charge in [-0.25, -0.2) is 0 Å². The van der Waals surface area contributed by atoms with E-state index in [0.29, 0.717) is 12.1 Å². The number of likely N-dealkylation sites (N-methyl/N-ethyl adjacent to an activating group) is 2. The summed E-state index contributed by atoms with van der Waals surface area (Å²) in [6.45, 7) is 2.26. The minimum Gasteiger partial charge on any atom is -0.488 e. The summed E-state index contributed by atoms with van der Waals surface area (Å²) in [5.74, 6) is 0.869. The van der Waals surface area contributed by atoms with Gasteiger partial charge < -0.3 is 10.1 Å². The average Bonchev–Trinajstić information content (AvgIpc) is 2.28. The summed E-state index contributed by atoms with van der Waals surface area (Å²) in [5, 5.41) is 2.86. The number of likely N-dealkylation sites (tertiary alicyclic amines) is 1. The monoisotopic (exact) mass is 234 g/mol. The molecular weight excluding hydrogens is 216 g/mol. The molecule has 0 radical (unpaired) electrons. The average molecular weight is 234 g/mol. The molecule has 0 saturated carbocycles. The molecule has 0 atom stereocenters. The van der Waals surface area contributed by atoms with E-state index in [1.165, 1.54) is 0 Å². The second-order valence-electron chi connectivity index (χ2n) is 4.44. The van der Waals surface area contributed by atoms with Gasteiger partial charge in [-0.1, -0.05) is 12.1 Å². The highest BCUT2D eigenvalue weighted by molar-refractivity contribution is 5.97. The van der Waals surface area contributed by atoms with E-state index in [1.54, 1.807) is 7.05 Å². The molecule has 4 nitrogen and oxygen atoms in total. The highest BCUT2D eigenvalue weighted by atomic mass is 16.5. The molecule has 2 rings (SSSR count). The third kappa shape index (κ3) is 3.05. The minimum absolute atomic E-state index is 0.0867. The lowest BCUT2D eigenvalue weighted by molar-refractivity contribution is 0.0387. The Kier molecular flexibility index (Phi) is 3.76. The zero-order valence-electron chi connectivity index (χ0n) is 10.3. The van der Waals surface area contributed by atoms with Gasteiger partial charge >= 0.3 is 0 Å².